The average Bonchev–Trinajstić information content (AvgIpc) is 3.17. The minimum atomic E-state index is -0.0819. The molecule has 1 aliphatic rings. The minimum Gasteiger partial charge on any atom is -0.394 e. The molecule has 108 valence electrons. The number of aliphatic hydroxyl groups is 1. The van der Waals surface area contributed by atoms with Crippen molar-refractivity contribution in [3.63, 3.8) is 0 Å². The quantitative estimate of drug-likeness (QED) is 0.602. The molecule has 0 aromatic carbocycles. The van der Waals surface area contributed by atoms with Crippen LogP contribution >= 0.6 is 0 Å². The fourth-order valence-electron chi connectivity index (χ4n) is 2.63. The largest absolute Gasteiger partial charge is 0.394 e. The molecule has 0 aromatic rings. The van der Waals surface area contributed by atoms with Crippen molar-refractivity contribution in [1.82, 2.24) is 15.1 Å². The Kier molecular flexibility index (Phi) is 6.57. The maximum atomic E-state index is 9.78. The Morgan fingerprint density at radius 1 is 1.22 bits per heavy atom. The molecule has 0 saturated heterocycles. The van der Waals surface area contributed by atoms with Crippen molar-refractivity contribution in [3.05, 3.63) is 0 Å². The molecule has 2 N–H and O–H groups in total. The van der Waals surface area contributed by atoms with E-state index in [1.807, 2.05) is 7.05 Å². The second kappa shape index (κ2) is 7.43. The predicted octanol–water partition coefficient (Wildman–Crippen LogP) is 0.621. The topological polar surface area (TPSA) is 38.7 Å². The van der Waals surface area contributed by atoms with Crippen LogP contribution in [0.3, 0.4) is 0 Å². The highest BCUT2D eigenvalue weighted by Crippen LogP contribution is 2.39. The zero-order chi connectivity index (χ0) is 13.6. The second-order valence-electron chi connectivity index (χ2n) is 5.92. The van der Waals surface area contributed by atoms with Crippen LogP contribution in [0.5, 0.6) is 0 Å². The molecule has 4 nitrogen and oxygen atoms in total. The van der Waals surface area contributed by atoms with Gasteiger partial charge in [-0.3, -0.25) is 0 Å². The fourth-order valence-corrected chi connectivity index (χ4v) is 2.63. The van der Waals surface area contributed by atoms with E-state index in [9.17, 15) is 5.11 Å². The molecule has 0 aromatic heterocycles. The molecule has 0 radical (unpaired) electrons. The predicted molar refractivity (Wildman–Crippen MR) is 76.9 cm³/mol. The molecule has 1 saturated carbocycles. The fraction of sp³-hybridized carbons (Fsp3) is 1.00. The van der Waals surface area contributed by atoms with Crippen LogP contribution in [-0.2, 0) is 0 Å². The summed E-state index contributed by atoms with van der Waals surface area (Å²) in [6, 6.07) is 0. The summed E-state index contributed by atoms with van der Waals surface area (Å²) >= 11 is 0. The van der Waals surface area contributed by atoms with E-state index in [1.165, 1.54) is 19.3 Å². The first kappa shape index (κ1) is 15.9. The molecular weight excluding hydrogens is 226 g/mol. The van der Waals surface area contributed by atoms with Crippen LogP contribution in [0, 0.1) is 5.92 Å². The van der Waals surface area contributed by atoms with Gasteiger partial charge in [-0.25, -0.2) is 0 Å². The molecule has 1 aliphatic carbocycles. The molecule has 1 fully saturated rings. The van der Waals surface area contributed by atoms with Crippen molar-refractivity contribution in [1.29, 1.82) is 0 Å². The van der Waals surface area contributed by atoms with Gasteiger partial charge in [-0.05, 0) is 52.9 Å². The van der Waals surface area contributed by atoms with Gasteiger partial charge in [0.05, 0.1) is 12.1 Å². The lowest BCUT2D eigenvalue weighted by atomic mass is 9.93. The number of nitrogens with zero attached hydrogens (tertiary/aromatic N) is 2. The summed E-state index contributed by atoms with van der Waals surface area (Å²) in [6.07, 6.45) is 3.69. The van der Waals surface area contributed by atoms with Gasteiger partial charge >= 0.3 is 0 Å². The summed E-state index contributed by atoms with van der Waals surface area (Å²) < 4.78 is 0. The number of nitrogens with one attached hydrogen (secondary N) is 1. The molecule has 4 heteroatoms. The van der Waals surface area contributed by atoms with Gasteiger partial charge in [0.25, 0.3) is 0 Å². The van der Waals surface area contributed by atoms with Crippen molar-refractivity contribution in [2.75, 3.05) is 53.9 Å². The Morgan fingerprint density at radius 3 is 2.28 bits per heavy atom. The number of hydrogen-bond donors (Lipinski definition) is 2. The van der Waals surface area contributed by atoms with Gasteiger partial charge in [0.2, 0.25) is 0 Å². The first-order chi connectivity index (χ1) is 8.57. The van der Waals surface area contributed by atoms with Gasteiger partial charge in [0.15, 0.2) is 0 Å². The highest BCUT2D eigenvalue weighted by atomic mass is 16.3. The van der Waals surface area contributed by atoms with Crippen LogP contribution in [0.25, 0.3) is 0 Å². The Bertz CT molecular complexity index is 225. The van der Waals surface area contributed by atoms with E-state index >= 15 is 0 Å². The van der Waals surface area contributed by atoms with Crippen LogP contribution < -0.4 is 5.32 Å². The molecule has 0 bridgehead atoms. The van der Waals surface area contributed by atoms with Gasteiger partial charge in [0, 0.05) is 19.6 Å². The summed E-state index contributed by atoms with van der Waals surface area (Å²) in [5.41, 5.74) is -0.0819. The van der Waals surface area contributed by atoms with Crippen molar-refractivity contribution < 1.29 is 5.11 Å². The first-order valence-electron chi connectivity index (χ1n) is 7.24. The van der Waals surface area contributed by atoms with Gasteiger partial charge in [-0.2, -0.15) is 0 Å². The first-order valence-corrected chi connectivity index (χ1v) is 7.24. The number of rotatable bonds is 10. The van der Waals surface area contributed by atoms with E-state index in [0.717, 1.165) is 26.2 Å². The smallest absolute Gasteiger partial charge is 0.0628 e. The zero-order valence-corrected chi connectivity index (χ0v) is 12.6. The molecule has 1 rings (SSSR count). The normalized spacial score (nSPS) is 19.5. The zero-order valence-electron chi connectivity index (χ0n) is 12.6. The Morgan fingerprint density at radius 2 is 1.89 bits per heavy atom. The van der Waals surface area contributed by atoms with Crippen molar-refractivity contribution in [2.45, 2.75) is 31.7 Å². The minimum absolute atomic E-state index is 0.0819. The van der Waals surface area contributed by atoms with Crippen LogP contribution in [-0.4, -0.2) is 74.4 Å². The van der Waals surface area contributed by atoms with Crippen molar-refractivity contribution in [2.24, 2.45) is 5.92 Å². The van der Waals surface area contributed by atoms with Gasteiger partial charge in [-0.15, -0.1) is 0 Å². The van der Waals surface area contributed by atoms with E-state index in [0.29, 0.717) is 5.92 Å². The molecule has 0 amide bonds. The Hall–Kier alpha value is -0.160. The van der Waals surface area contributed by atoms with E-state index in [1.54, 1.807) is 0 Å². The number of likely N-dealkylation sites (N-methyl/N-ethyl adjacent to an activating group) is 2. The Labute approximate surface area is 112 Å². The average molecular weight is 257 g/mol. The van der Waals surface area contributed by atoms with E-state index < -0.39 is 0 Å². The number of hydrogen-bond acceptors (Lipinski definition) is 4. The molecule has 1 unspecified atom stereocenters. The van der Waals surface area contributed by atoms with E-state index in [4.69, 9.17) is 0 Å². The third-order valence-corrected chi connectivity index (χ3v) is 4.05. The lowest BCUT2D eigenvalue weighted by Crippen LogP contribution is -2.57. The molecule has 0 aliphatic heterocycles. The molecule has 1 atom stereocenters. The van der Waals surface area contributed by atoms with Gasteiger partial charge < -0.3 is 20.2 Å². The maximum Gasteiger partial charge on any atom is 0.0628 e. The van der Waals surface area contributed by atoms with Crippen LogP contribution in [0.15, 0.2) is 0 Å². The second-order valence-corrected chi connectivity index (χ2v) is 5.92. The molecule has 0 spiro atoms. The maximum absolute atomic E-state index is 9.78. The lowest BCUT2D eigenvalue weighted by molar-refractivity contribution is 0.0930. The van der Waals surface area contributed by atoms with Gasteiger partial charge in [-0.1, -0.05) is 6.92 Å². The van der Waals surface area contributed by atoms with Crippen molar-refractivity contribution in [3.8, 4) is 0 Å². The monoisotopic (exact) mass is 257 g/mol. The van der Waals surface area contributed by atoms with Gasteiger partial charge in [0.1, 0.15) is 0 Å². The van der Waals surface area contributed by atoms with E-state index in [-0.39, 0.29) is 12.1 Å². The summed E-state index contributed by atoms with van der Waals surface area (Å²) in [4.78, 5) is 4.71. The highest BCUT2D eigenvalue weighted by Gasteiger charge is 2.44. The summed E-state index contributed by atoms with van der Waals surface area (Å²) in [5.74, 6) is 0.659. The third kappa shape index (κ3) is 4.50. The third-order valence-electron chi connectivity index (χ3n) is 4.05. The molecule has 18 heavy (non-hydrogen) atoms. The highest BCUT2D eigenvalue weighted by molar-refractivity contribution is 5.02. The molecule has 0 heterocycles. The Balaban J connectivity index is 2.55. The van der Waals surface area contributed by atoms with Crippen molar-refractivity contribution >= 4 is 0 Å². The van der Waals surface area contributed by atoms with Crippen LogP contribution in [0.4, 0.5) is 0 Å². The summed E-state index contributed by atoms with van der Waals surface area (Å²) in [6.45, 7) is 6.71. The SMILES string of the molecule is CCCN(CCN(C)C)CC(CO)(NC)C1CC1. The number of aliphatic hydroxyl groups excluding tert-OH is 1. The standard InChI is InChI=1S/C14H31N3O/c1-5-8-17(10-9-16(3)4)11-14(12-18,15-2)13-6-7-13/h13,15,18H,5-12H2,1-4H3. The summed E-state index contributed by atoms with van der Waals surface area (Å²) in [7, 11) is 6.22. The summed E-state index contributed by atoms with van der Waals surface area (Å²) in [5, 5.41) is 13.2. The molecular formula is C14H31N3O. The van der Waals surface area contributed by atoms with Crippen LogP contribution in [0.2, 0.25) is 0 Å². The lowest BCUT2D eigenvalue weighted by Gasteiger charge is -2.37. The van der Waals surface area contributed by atoms with E-state index in [2.05, 4.69) is 36.1 Å². The van der Waals surface area contributed by atoms with Crippen LogP contribution in [0.1, 0.15) is 26.2 Å².